The first-order valence-corrected chi connectivity index (χ1v) is 8.48. The van der Waals surface area contributed by atoms with Gasteiger partial charge >= 0.3 is 0 Å². The van der Waals surface area contributed by atoms with Gasteiger partial charge in [0.05, 0.1) is 0 Å². The Balaban J connectivity index is 1.69. The van der Waals surface area contributed by atoms with Crippen molar-refractivity contribution in [3.8, 4) is 0 Å². The van der Waals surface area contributed by atoms with Crippen LogP contribution in [-0.2, 0) is 13.0 Å². The molecule has 1 fully saturated rings. The maximum atomic E-state index is 6.02. The molecule has 2 unspecified atom stereocenters. The van der Waals surface area contributed by atoms with Crippen LogP contribution in [0, 0.1) is 5.92 Å². The summed E-state index contributed by atoms with van der Waals surface area (Å²) in [6.45, 7) is 6.54. The van der Waals surface area contributed by atoms with E-state index in [1.54, 1.807) is 0 Å². The molecule has 2 aliphatic rings. The normalized spacial score (nSPS) is 26.1. The zero-order valence-electron chi connectivity index (χ0n) is 13.5. The molecule has 3 nitrogen and oxygen atoms in total. The van der Waals surface area contributed by atoms with E-state index in [4.69, 9.17) is 5.73 Å². The van der Waals surface area contributed by atoms with Gasteiger partial charge in [-0.25, -0.2) is 0 Å². The minimum absolute atomic E-state index is 0.569. The van der Waals surface area contributed by atoms with Crippen molar-refractivity contribution in [1.82, 2.24) is 4.90 Å². The fraction of sp³-hybridized carbons (Fsp3) is 0.667. The van der Waals surface area contributed by atoms with E-state index < -0.39 is 0 Å². The molecule has 21 heavy (non-hydrogen) atoms. The van der Waals surface area contributed by atoms with Crippen LogP contribution in [0.4, 0.5) is 5.69 Å². The van der Waals surface area contributed by atoms with Crippen molar-refractivity contribution in [2.24, 2.45) is 11.7 Å². The van der Waals surface area contributed by atoms with E-state index in [0.29, 0.717) is 6.04 Å². The Kier molecular flexibility index (Phi) is 4.51. The Morgan fingerprint density at radius 3 is 2.90 bits per heavy atom. The van der Waals surface area contributed by atoms with Crippen LogP contribution < -0.4 is 10.6 Å². The number of likely N-dealkylation sites (N-methyl/N-ethyl adjacent to an activating group) is 1. The number of hydrogen-bond acceptors (Lipinski definition) is 3. The average Bonchev–Trinajstić information content (AvgIpc) is 2.88. The molecule has 0 radical (unpaired) electrons. The van der Waals surface area contributed by atoms with Crippen LogP contribution in [0.3, 0.4) is 0 Å². The van der Waals surface area contributed by atoms with E-state index in [2.05, 4.69) is 42.0 Å². The summed E-state index contributed by atoms with van der Waals surface area (Å²) in [6.07, 6.45) is 5.11. The van der Waals surface area contributed by atoms with E-state index in [1.807, 2.05) is 0 Å². The Morgan fingerprint density at radius 1 is 1.29 bits per heavy atom. The van der Waals surface area contributed by atoms with Crippen molar-refractivity contribution in [1.29, 1.82) is 0 Å². The molecule has 1 aromatic carbocycles. The van der Waals surface area contributed by atoms with E-state index in [1.165, 1.54) is 49.0 Å². The summed E-state index contributed by atoms with van der Waals surface area (Å²) in [4.78, 5) is 4.96. The summed E-state index contributed by atoms with van der Waals surface area (Å²) >= 11 is 0. The first kappa shape index (κ1) is 14.9. The third-order valence-electron chi connectivity index (χ3n) is 5.45. The third-order valence-corrected chi connectivity index (χ3v) is 5.45. The Bertz CT molecular complexity index is 485. The van der Waals surface area contributed by atoms with E-state index in [0.717, 1.165) is 25.6 Å². The average molecular weight is 287 g/mol. The smallest absolute Gasteiger partial charge is 0.0397 e. The monoisotopic (exact) mass is 287 g/mol. The standard InChI is InChI=1S/C18H29N3/c1-3-14-6-9-21(17(11-14)12-19)13-15-4-5-18-16(10-15)7-8-20(18)2/h4-5,10,14,17H,3,6-9,11-13,19H2,1-2H3. The van der Waals surface area contributed by atoms with Crippen LogP contribution in [0.5, 0.6) is 0 Å². The molecule has 2 heterocycles. The second-order valence-electron chi connectivity index (χ2n) is 6.79. The van der Waals surface area contributed by atoms with E-state index in [9.17, 15) is 0 Å². The number of nitrogens with zero attached hydrogens (tertiary/aromatic N) is 2. The Hall–Kier alpha value is -1.06. The summed E-state index contributed by atoms with van der Waals surface area (Å²) < 4.78 is 0. The van der Waals surface area contributed by atoms with Gasteiger partial charge in [0, 0.05) is 38.4 Å². The number of likely N-dealkylation sites (tertiary alicyclic amines) is 1. The largest absolute Gasteiger partial charge is 0.374 e. The van der Waals surface area contributed by atoms with Gasteiger partial charge in [-0.15, -0.1) is 0 Å². The molecular formula is C18H29N3. The molecule has 2 atom stereocenters. The predicted molar refractivity (Wildman–Crippen MR) is 89.7 cm³/mol. The van der Waals surface area contributed by atoms with Crippen LogP contribution in [-0.4, -0.2) is 37.6 Å². The molecule has 0 saturated carbocycles. The maximum absolute atomic E-state index is 6.02. The lowest BCUT2D eigenvalue weighted by atomic mass is 9.88. The summed E-state index contributed by atoms with van der Waals surface area (Å²) in [5.74, 6) is 0.878. The fourth-order valence-corrected chi connectivity index (χ4v) is 3.96. The number of rotatable bonds is 4. The van der Waals surface area contributed by atoms with Crippen molar-refractivity contribution in [2.75, 3.05) is 31.6 Å². The highest BCUT2D eigenvalue weighted by Crippen LogP contribution is 2.30. The zero-order valence-corrected chi connectivity index (χ0v) is 13.5. The second kappa shape index (κ2) is 6.37. The van der Waals surface area contributed by atoms with Gasteiger partial charge in [-0.05, 0) is 48.9 Å². The third kappa shape index (κ3) is 3.09. The maximum Gasteiger partial charge on any atom is 0.0397 e. The Labute approximate surface area is 129 Å². The van der Waals surface area contributed by atoms with Gasteiger partial charge < -0.3 is 10.6 Å². The SMILES string of the molecule is CCC1CCN(Cc2ccc3c(c2)CCN3C)C(CN)C1. The number of piperidine rings is 1. The molecule has 116 valence electrons. The lowest BCUT2D eigenvalue weighted by molar-refractivity contribution is 0.107. The molecule has 0 aromatic heterocycles. The molecule has 0 spiro atoms. The Morgan fingerprint density at radius 2 is 2.14 bits per heavy atom. The van der Waals surface area contributed by atoms with Gasteiger partial charge in [-0.1, -0.05) is 25.5 Å². The van der Waals surface area contributed by atoms with Crippen molar-refractivity contribution in [2.45, 2.75) is 45.2 Å². The number of benzene rings is 1. The fourth-order valence-electron chi connectivity index (χ4n) is 3.96. The molecule has 2 N–H and O–H groups in total. The summed E-state index contributed by atoms with van der Waals surface area (Å²) in [7, 11) is 2.19. The highest BCUT2D eigenvalue weighted by molar-refractivity contribution is 5.58. The molecule has 2 aliphatic heterocycles. The van der Waals surface area contributed by atoms with Gasteiger partial charge in [0.15, 0.2) is 0 Å². The van der Waals surface area contributed by atoms with Gasteiger partial charge in [0.25, 0.3) is 0 Å². The van der Waals surface area contributed by atoms with Gasteiger partial charge in [-0.3, -0.25) is 4.90 Å². The van der Waals surface area contributed by atoms with E-state index >= 15 is 0 Å². The molecule has 1 saturated heterocycles. The molecule has 1 aromatic rings. The van der Waals surface area contributed by atoms with Crippen LogP contribution in [0.25, 0.3) is 0 Å². The van der Waals surface area contributed by atoms with E-state index in [-0.39, 0.29) is 0 Å². The van der Waals surface area contributed by atoms with Gasteiger partial charge in [-0.2, -0.15) is 0 Å². The lowest BCUT2D eigenvalue weighted by Gasteiger charge is -2.39. The van der Waals surface area contributed by atoms with Crippen LogP contribution in [0.15, 0.2) is 18.2 Å². The highest BCUT2D eigenvalue weighted by Gasteiger charge is 2.27. The van der Waals surface area contributed by atoms with Crippen molar-refractivity contribution in [3.63, 3.8) is 0 Å². The minimum Gasteiger partial charge on any atom is -0.374 e. The summed E-state index contributed by atoms with van der Waals surface area (Å²) in [5, 5.41) is 0. The van der Waals surface area contributed by atoms with Crippen LogP contribution in [0.2, 0.25) is 0 Å². The summed E-state index contributed by atoms with van der Waals surface area (Å²) in [5.41, 5.74) is 10.4. The molecule has 3 rings (SSSR count). The van der Waals surface area contributed by atoms with Crippen molar-refractivity contribution < 1.29 is 0 Å². The molecule has 0 bridgehead atoms. The highest BCUT2D eigenvalue weighted by atomic mass is 15.2. The minimum atomic E-state index is 0.569. The van der Waals surface area contributed by atoms with Crippen LogP contribution >= 0.6 is 0 Å². The van der Waals surface area contributed by atoms with Crippen molar-refractivity contribution in [3.05, 3.63) is 29.3 Å². The molecule has 3 heteroatoms. The zero-order chi connectivity index (χ0) is 14.8. The topological polar surface area (TPSA) is 32.5 Å². The molecule has 0 amide bonds. The number of anilines is 1. The van der Waals surface area contributed by atoms with Crippen LogP contribution in [0.1, 0.15) is 37.3 Å². The second-order valence-corrected chi connectivity index (χ2v) is 6.79. The summed E-state index contributed by atoms with van der Waals surface area (Å²) in [6, 6.07) is 7.59. The first-order chi connectivity index (χ1) is 10.2. The van der Waals surface area contributed by atoms with Crippen molar-refractivity contribution >= 4 is 5.69 Å². The predicted octanol–water partition coefficient (Wildman–Crippen LogP) is 2.63. The number of fused-ring (bicyclic) bond motifs is 1. The molecular weight excluding hydrogens is 258 g/mol. The molecule has 0 aliphatic carbocycles. The number of hydrogen-bond donors (Lipinski definition) is 1. The van der Waals surface area contributed by atoms with Gasteiger partial charge in [0.1, 0.15) is 0 Å². The number of nitrogens with two attached hydrogens (primary N) is 1. The first-order valence-electron chi connectivity index (χ1n) is 8.48. The van der Waals surface area contributed by atoms with Gasteiger partial charge in [0.2, 0.25) is 0 Å². The quantitative estimate of drug-likeness (QED) is 0.924. The lowest BCUT2D eigenvalue weighted by Crippen LogP contribution is -2.46.